The number of nitrogens with zero attached hydrogens (tertiary/aromatic N) is 3. The van der Waals surface area contributed by atoms with E-state index in [1.807, 2.05) is 0 Å². The number of hydrogen-bond donors (Lipinski definition) is 1. The molecule has 1 atom stereocenters. The zero-order chi connectivity index (χ0) is 9.14. The van der Waals surface area contributed by atoms with Gasteiger partial charge in [0.15, 0.2) is 0 Å². The highest BCUT2D eigenvalue weighted by Gasteiger charge is 2.18. The standard InChI is InChI=1S/C6H9N3O2S/c1-4(5(10)11)9(2)6-8-7-3-12-6/h3-4H,1-2H3,(H,10,11). The smallest absolute Gasteiger partial charge is 0.326 e. The number of likely N-dealkylation sites (N-methyl/N-ethyl adjacent to an activating group) is 1. The lowest BCUT2D eigenvalue weighted by molar-refractivity contribution is -0.138. The molecule has 0 fully saturated rings. The van der Waals surface area contributed by atoms with Gasteiger partial charge in [0.05, 0.1) is 0 Å². The molecule has 0 saturated carbocycles. The van der Waals surface area contributed by atoms with Crippen molar-refractivity contribution in [3.63, 3.8) is 0 Å². The van der Waals surface area contributed by atoms with Crippen LogP contribution in [-0.4, -0.2) is 34.4 Å². The highest BCUT2D eigenvalue weighted by Crippen LogP contribution is 2.15. The summed E-state index contributed by atoms with van der Waals surface area (Å²) in [5.41, 5.74) is 1.57. The van der Waals surface area contributed by atoms with Gasteiger partial charge >= 0.3 is 5.97 Å². The van der Waals surface area contributed by atoms with E-state index in [9.17, 15) is 4.79 Å². The minimum atomic E-state index is -0.868. The second-order valence-electron chi connectivity index (χ2n) is 2.35. The first kappa shape index (κ1) is 8.92. The zero-order valence-electron chi connectivity index (χ0n) is 6.76. The van der Waals surface area contributed by atoms with Crippen LogP contribution in [0.1, 0.15) is 6.92 Å². The number of carboxylic acids is 1. The Balaban J connectivity index is 2.71. The summed E-state index contributed by atoms with van der Waals surface area (Å²) in [6, 6.07) is -0.571. The van der Waals surface area contributed by atoms with Gasteiger partial charge in [-0.05, 0) is 6.92 Å². The predicted molar refractivity (Wildman–Crippen MR) is 45.4 cm³/mol. The largest absolute Gasteiger partial charge is 0.480 e. The molecule has 1 rings (SSSR count). The molecule has 5 nitrogen and oxygen atoms in total. The Morgan fingerprint density at radius 2 is 2.50 bits per heavy atom. The third-order valence-electron chi connectivity index (χ3n) is 1.59. The van der Waals surface area contributed by atoms with E-state index in [0.29, 0.717) is 5.13 Å². The van der Waals surface area contributed by atoms with Gasteiger partial charge in [-0.1, -0.05) is 11.3 Å². The van der Waals surface area contributed by atoms with E-state index in [1.54, 1.807) is 24.4 Å². The van der Waals surface area contributed by atoms with E-state index < -0.39 is 12.0 Å². The molecule has 6 heteroatoms. The number of hydrogen-bond acceptors (Lipinski definition) is 5. The van der Waals surface area contributed by atoms with Gasteiger partial charge in [0.2, 0.25) is 5.13 Å². The van der Waals surface area contributed by atoms with E-state index in [2.05, 4.69) is 10.2 Å². The van der Waals surface area contributed by atoms with Crippen molar-refractivity contribution >= 4 is 22.4 Å². The van der Waals surface area contributed by atoms with Gasteiger partial charge in [-0.3, -0.25) is 0 Å². The number of aromatic nitrogens is 2. The number of carboxylic acid groups (broad SMARTS) is 1. The van der Waals surface area contributed by atoms with Crippen LogP contribution in [0, 0.1) is 0 Å². The molecule has 0 aliphatic rings. The van der Waals surface area contributed by atoms with Gasteiger partial charge in [-0.25, -0.2) is 4.79 Å². The molecule has 0 spiro atoms. The average molecular weight is 187 g/mol. The summed E-state index contributed by atoms with van der Waals surface area (Å²) in [5, 5.41) is 16.7. The van der Waals surface area contributed by atoms with Crippen molar-refractivity contribution in [2.45, 2.75) is 13.0 Å². The van der Waals surface area contributed by atoms with Crippen LogP contribution in [0.15, 0.2) is 5.51 Å². The Bertz CT molecular complexity index is 262. The average Bonchev–Trinajstić information content (AvgIpc) is 2.53. The lowest BCUT2D eigenvalue weighted by Gasteiger charge is -2.19. The van der Waals surface area contributed by atoms with Crippen LogP contribution >= 0.6 is 11.3 Å². The minimum absolute atomic E-state index is 0.571. The van der Waals surface area contributed by atoms with Crippen molar-refractivity contribution in [2.75, 3.05) is 11.9 Å². The normalized spacial score (nSPS) is 12.5. The molecule has 1 N–H and O–H groups in total. The van der Waals surface area contributed by atoms with E-state index in [0.717, 1.165) is 0 Å². The second-order valence-corrected chi connectivity index (χ2v) is 3.16. The summed E-state index contributed by atoms with van der Waals surface area (Å²) in [7, 11) is 1.68. The molecule has 0 aliphatic heterocycles. The topological polar surface area (TPSA) is 66.3 Å². The monoisotopic (exact) mass is 187 g/mol. The SMILES string of the molecule is CC(C(=O)O)N(C)c1nncs1. The van der Waals surface area contributed by atoms with Gasteiger partial charge in [-0.15, -0.1) is 10.2 Å². The lowest BCUT2D eigenvalue weighted by atomic mass is 10.3. The first-order valence-electron chi connectivity index (χ1n) is 3.34. The zero-order valence-corrected chi connectivity index (χ0v) is 7.58. The van der Waals surface area contributed by atoms with Crippen molar-refractivity contribution in [2.24, 2.45) is 0 Å². The first-order chi connectivity index (χ1) is 5.63. The highest BCUT2D eigenvalue weighted by molar-refractivity contribution is 7.13. The van der Waals surface area contributed by atoms with E-state index in [1.165, 1.54) is 11.3 Å². The number of rotatable bonds is 3. The Kier molecular flexibility index (Phi) is 2.59. The van der Waals surface area contributed by atoms with E-state index in [-0.39, 0.29) is 0 Å². The van der Waals surface area contributed by atoms with Crippen molar-refractivity contribution in [3.05, 3.63) is 5.51 Å². The van der Waals surface area contributed by atoms with Crippen LogP contribution < -0.4 is 4.90 Å². The van der Waals surface area contributed by atoms with Gasteiger partial charge in [0.1, 0.15) is 11.6 Å². The number of carbonyl (C=O) groups is 1. The molecule has 1 aromatic heterocycles. The molecule has 0 aliphatic carbocycles. The maximum absolute atomic E-state index is 10.6. The fraction of sp³-hybridized carbons (Fsp3) is 0.500. The van der Waals surface area contributed by atoms with Gasteiger partial charge in [-0.2, -0.15) is 0 Å². The van der Waals surface area contributed by atoms with Crippen molar-refractivity contribution in [1.82, 2.24) is 10.2 Å². The number of anilines is 1. The molecule has 1 heterocycles. The number of aliphatic carboxylic acids is 1. The lowest BCUT2D eigenvalue weighted by Crippen LogP contribution is -2.35. The van der Waals surface area contributed by atoms with Gasteiger partial charge in [0, 0.05) is 7.05 Å². The third-order valence-corrected chi connectivity index (χ3v) is 2.37. The summed E-state index contributed by atoms with van der Waals surface area (Å²) in [5.74, 6) is -0.868. The minimum Gasteiger partial charge on any atom is -0.480 e. The predicted octanol–water partition coefficient (Wildman–Crippen LogP) is 0.447. The van der Waals surface area contributed by atoms with Gasteiger partial charge < -0.3 is 10.0 Å². The molecule has 12 heavy (non-hydrogen) atoms. The molecule has 0 bridgehead atoms. The quantitative estimate of drug-likeness (QED) is 0.744. The van der Waals surface area contributed by atoms with Crippen molar-refractivity contribution in [1.29, 1.82) is 0 Å². The molecule has 0 radical (unpaired) electrons. The van der Waals surface area contributed by atoms with Crippen LogP contribution in [0.25, 0.3) is 0 Å². The summed E-state index contributed by atoms with van der Waals surface area (Å²) in [6.07, 6.45) is 0. The van der Waals surface area contributed by atoms with Crippen molar-refractivity contribution < 1.29 is 9.90 Å². The Morgan fingerprint density at radius 1 is 1.83 bits per heavy atom. The fourth-order valence-electron chi connectivity index (χ4n) is 0.652. The molecule has 0 saturated heterocycles. The molecule has 66 valence electrons. The molecule has 0 aromatic carbocycles. The van der Waals surface area contributed by atoms with Crippen LogP contribution in [0.5, 0.6) is 0 Å². The van der Waals surface area contributed by atoms with E-state index in [4.69, 9.17) is 5.11 Å². The maximum Gasteiger partial charge on any atom is 0.326 e. The Hall–Kier alpha value is -1.17. The first-order valence-corrected chi connectivity index (χ1v) is 4.22. The van der Waals surface area contributed by atoms with Crippen LogP contribution in [0.4, 0.5) is 5.13 Å². The molecule has 1 aromatic rings. The van der Waals surface area contributed by atoms with E-state index >= 15 is 0 Å². The fourth-order valence-corrected chi connectivity index (χ4v) is 1.26. The van der Waals surface area contributed by atoms with Crippen molar-refractivity contribution in [3.8, 4) is 0 Å². The summed E-state index contributed by atoms with van der Waals surface area (Å²) in [4.78, 5) is 12.1. The Morgan fingerprint density at radius 3 is 2.92 bits per heavy atom. The molecular formula is C6H9N3O2S. The highest BCUT2D eigenvalue weighted by atomic mass is 32.1. The Labute approximate surface area is 73.7 Å². The molecular weight excluding hydrogens is 178 g/mol. The summed E-state index contributed by atoms with van der Waals surface area (Å²) in [6.45, 7) is 1.60. The van der Waals surface area contributed by atoms with Crippen LogP contribution in [-0.2, 0) is 4.79 Å². The van der Waals surface area contributed by atoms with Gasteiger partial charge in [0.25, 0.3) is 0 Å². The second kappa shape index (κ2) is 3.48. The third kappa shape index (κ3) is 1.70. The molecule has 1 unspecified atom stereocenters. The maximum atomic E-state index is 10.6. The summed E-state index contributed by atoms with van der Waals surface area (Å²) >= 11 is 1.32. The summed E-state index contributed by atoms with van der Waals surface area (Å²) < 4.78 is 0. The van der Waals surface area contributed by atoms with Crippen LogP contribution in [0.2, 0.25) is 0 Å². The molecule has 0 amide bonds. The van der Waals surface area contributed by atoms with Crippen LogP contribution in [0.3, 0.4) is 0 Å².